The minimum atomic E-state index is -0.0928. The molecule has 0 spiro atoms. The average Bonchev–Trinajstić information content (AvgIpc) is 3.06. The number of nitrogens with zero attached hydrogens (tertiary/aromatic N) is 4. The van der Waals surface area contributed by atoms with Gasteiger partial charge in [-0.25, -0.2) is 0 Å². The predicted molar refractivity (Wildman–Crippen MR) is 66.4 cm³/mol. The Bertz CT molecular complexity index is 523. The van der Waals surface area contributed by atoms with E-state index in [4.69, 9.17) is 4.74 Å². The molecule has 1 aromatic rings. The molecule has 1 aliphatic carbocycles. The van der Waals surface area contributed by atoms with Crippen LogP contribution in [-0.4, -0.2) is 44.3 Å². The standard InChI is InChI=1S/C13H18N4O2/c1-8-6-10(13(18)19-8)16-4-5-17-11(7-16)14-15-12(17)9-2-3-9/h8-10H,2-7H2,1H3. The molecule has 0 bridgehead atoms. The predicted octanol–water partition coefficient (Wildman–Crippen LogP) is 0.675. The Morgan fingerprint density at radius 3 is 2.79 bits per heavy atom. The van der Waals surface area contributed by atoms with E-state index in [1.165, 1.54) is 12.8 Å². The van der Waals surface area contributed by atoms with E-state index < -0.39 is 0 Å². The van der Waals surface area contributed by atoms with Gasteiger partial charge in [0.15, 0.2) is 0 Å². The highest BCUT2D eigenvalue weighted by Crippen LogP contribution is 2.39. The molecule has 2 unspecified atom stereocenters. The molecule has 2 atom stereocenters. The fourth-order valence-electron chi connectivity index (χ4n) is 3.14. The van der Waals surface area contributed by atoms with E-state index in [0.717, 1.165) is 31.2 Å². The number of carbonyl (C=O) groups excluding carboxylic acids is 1. The number of hydrogen-bond donors (Lipinski definition) is 0. The summed E-state index contributed by atoms with van der Waals surface area (Å²) in [6.07, 6.45) is 3.32. The smallest absolute Gasteiger partial charge is 0.323 e. The van der Waals surface area contributed by atoms with Crippen LogP contribution in [0.3, 0.4) is 0 Å². The average molecular weight is 262 g/mol. The molecule has 0 N–H and O–H groups in total. The number of ether oxygens (including phenoxy) is 1. The lowest BCUT2D eigenvalue weighted by Crippen LogP contribution is -2.43. The van der Waals surface area contributed by atoms with Crippen molar-refractivity contribution in [1.29, 1.82) is 0 Å². The first-order valence-corrected chi connectivity index (χ1v) is 7.09. The third-order valence-electron chi connectivity index (χ3n) is 4.34. The van der Waals surface area contributed by atoms with Crippen LogP contribution < -0.4 is 0 Å². The molecule has 2 aliphatic heterocycles. The van der Waals surface area contributed by atoms with Crippen molar-refractivity contribution in [2.24, 2.45) is 0 Å². The molecule has 1 aromatic heterocycles. The van der Waals surface area contributed by atoms with E-state index in [9.17, 15) is 4.79 Å². The van der Waals surface area contributed by atoms with E-state index >= 15 is 0 Å². The van der Waals surface area contributed by atoms with Crippen molar-refractivity contribution in [2.45, 2.75) is 57.3 Å². The van der Waals surface area contributed by atoms with Crippen LogP contribution >= 0.6 is 0 Å². The fourth-order valence-corrected chi connectivity index (χ4v) is 3.14. The fraction of sp³-hybridized carbons (Fsp3) is 0.769. The molecular formula is C13H18N4O2. The third kappa shape index (κ3) is 1.85. The summed E-state index contributed by atoms with van der Waals surface area (Å²) in [6.45, 7) is 4.45. The quantitative estimate of drug-likeness (QED) is 0.733. The number of rotatable bonds is 2. The van der Waals surface area contributed by atoms with Crippen molar-refractivity contribution in [3.05, 3.63) is 11.6 Å². The topological polar surface area (TPSA) is 60.2 Å². The van der Waals surface area contributed by atoms with Gasteiger partial charge in [-0.3, -0.25) is 9.69 Å². The summed E-state index contributed by atoms with van der Waals surface area (Å²) in [5.74, 6) is 2.70. The Hall–Kier alpha value is -1.43. The number of fused-ring (bicyclic) bond motifs is 1. The van der Waals surface area contributed by atoms with Crippen LogP contribution in [0.25, 0.3) is 0 Å². The number of aromatic nitrogens is 3. The molecular weight excluding hydrogens is 244 g/mol. The Balaban J connectivity index is 1.54. The molecule has 2 fully saturated rings. The van der Waals surface area contributed by atoms with E-state index in [0.29, 0.717) is 12.5 Å². The largest absolute Gasteiger partial charge is 0.461 e. The van der Waals surface area contributed by atoms with E-state index in [2.05, 4.69) is 19.7 Å². The van der Waals surface area contributed by atoms with Crippen molar-refractivity contribution < 1.29 is 9.53 Å². The first-order valence-electron chi connectivity index (χ1n) is 7.09. The van der Waals surface area contributed by atoms with Crippen LogP contribution in [0.1, 0.15) is 43.8 Å². The molecule has 6 heteroatoms. The Kier molecular flexibility index (Phi) is 2.42. The monoisotopic (exact) mass is 262 g/mol. The summed E-state index contributed by atoms with van der Waals surface area (Å²) in [4.78, 5) is 14.0. The zero-order valence-electron chi connectivity index (χ0n) is 11.1. The molecule has 1 saturated carbocycles. The van der Waals surface area contributed by atoms with E-state index in [1.807, 2.05) is 6.92 Å². The minimum Gasteiger partial charge on any atom is -0.461 e. The van der Waals surface area contributed by atoms with Gasteiger partial charge in [0.05, 0.1) is 6.54 Å². The first-order chi connectivity index (χ1) is 9.22. The van der Waals surface area contributed by atoms with Crippen LogP contribution in [0.15, 0.2) is 0 Å². The summed E-state index contributed by atoms with van der Waals surface area (Å²) >= 11 is 0. The van der Waals surface area contributed by atoms with Crippen LogP contribution in [0.2, 0.25) is 0 Å². The number of hydrogen-bond acceptors (Lipinski definition) is 5. The number of carbonyl (C=O) groups is 1. The summed E-state index contributed by atoms with van der Waals surface area (Å²) in [5.41, 5.74) is 0. The molecule has 19 heavy (non-hydrogen) atoms. The lowest BCUT2D eigenvalue weighted by atomic mass is 10.1. The van der Waals surface area contributed by atoms with Crippen molar-refractivity contribution in [1.82, 2.24) is 19.7 Å². The van der Waals surface area contributed by atoms with Crippen LogP contribution in [-0.2, 0) is 22.6 Å². The highest BCUT2D eigenvalue weighted by molar-refractivity contribution is 5.78. The zero-order chi connectivity index (χ0) is 13.0. The molecule has 6 nitrogen and oxygen atoms in total. The van der Waals surface area contributed by atoms with Gasteiger partial charge in [0, 0.05) is 25.4 Å². The maximum atomic E-state index is 11.8. The molecule has 0 amide bonds. The van der Waals surface area contributed by atoms with Crippen molar-refractivity contribution in [3.8, 4) is 0 Å². The molecule has 3 heterocycles. The van der Waals surface area contributed by atoms with Gasteiger partial charge in [-0.05, 0) is 19.8 Å². The molecule has 3 aliphatic rings. The van der Waals surface area contributed by atoms with E-state index in [1.54, 1.807) is 0 Å². The SMILES string of the molecule is CC1CC(N2CCn3c(nnc3C3CC3)C2)C(=O)O1. The maximum absolute atomic E-state index is 11.8. The minimum absolute atomic E-state index is 0.0410. The number of cyclic esters (lactones) is 1. The zero-order valence-corrected chi connectivity index (χ0v) is 11.1. The summed E-state index contributed by atoms with van der Waals surface area (Å²) < 4.78 is 7.49. The van der Waals surface area contributed by atoms with E-state index in [-0.39, 0.29) is 18.1 Å². The third-order valence-corrected chi connectivity index (χ3v) is 4.34. The van der Waals surface area contributed by atoms with Crippen molar-refractivity contribution in [2.75, 3.05) is 6.54 Å². The molecule has 102 valence electrons. The normalized spacial score (nSPS) is 31.3. The van der Waals surface area contributed by atoms with Crippen LogP contribution in [0.4, 0.5) is 0 Å². The van der Waals surface area contributed by atoms with Crippen molar-refractivity contribution in [3.63, 3.8) is 0 Å². The van der Waals surface area contributed by atoms with Gasteiger partial charge in [0.25, 0.3) is 0 Å². The summed E-state index contributed by atoms with van der Waals surface area (Å²) in [5, 5.41) is 8.63. The van der Waals surface area contributed by atoms with Gasteiger partial charge in [0.1, 0.15) is 23.8 Å². The number of esters is 1. The lowest BCUT2D eigenvalue weighted by Gasteiger charge is -2.30. The first kappa shape index (κ1) is 11.4. The highest BCUT2D eigenvalue weighted by Gasteiger charge is 2.39. The maximum Gasteiger partial charge on any atom is 0.323 e. The van der Waals surface area contributed by atoms with Gasteiger partial charge in [-0.2, -0.15) is 0 Å². The van der Waals surface area contributed by atoms with Gasteiger partial charge >= 0.3 is 5.97 Å². The second kappa shape index (κ2) is 4.03. The summed E-state index contributed by atoms with van der Waals surface area (Å²) in [7, 11) is 0. The Labute approximate surface area is 111 Å². The summed E-state index contributed by atoms with van der Waals surface area (Å²) in [6, 6.07) is -0.0928. The van der Waals surface area contributed by atoms with Gasteiger partial charge in [0.2, 0.25) is 0 Å². The molecule has 1 saturated heterocycles. The molecule has 0 aromatic carbocycles. The van der Waals surface area contributed by atoms with Crippen molar-refractivity contribution >= 4 is 5.97 Å². The Morgan fingerprint density at radius 2 is 2.11 bits per heavy atom. The van der Waals surface area contributed by atoms with Gasteiger partial charge in [-0.15, -0.1) is 10.2 Å². The van der Waals surface area contributed by atoms with Crippen LogP contribution in [0, 0.1) is 0 Å². The highest BCUT2D eigenvalue weighted by atomic mass is 16.6. The van der Waals surface area contributed by atoms with Crippen LogP contribution in [0.5, 0.6) is 0 Å². The molecule has 4 rings (SSSR count). The molecule has 0 radical (unpaired) electrons. The lowest BCUT2D eigenvalue weighted by molar-refractivity contribution is -0.145. The Morgan fingerprint density at radius 1 is 1.26 bits per heavy atom. The van der Waals surface area contributed by atoms with Gasteiger partial charge < -0.3 is 9.30 Å². The second-order valence-corrected chi connectivity index (χ2v) is 5.87. The second-order valence-electron chi connectivity index (χ2n) is 5.87. The van der Waals surface area contributed by atoms with Gasteiger partial charge in [-0.1, -0.05) is 0 Å².